The summed E-state index contributed by atoms with van der Waals surface area (Å²) in [5, 5.41) is 6.13. The first-order valence-electron chi connectivity index (χ1n) is 6.46. The molecule has 0 aromatic heterocycles. The van der Waals surface area contributed by atoms with Crippen molar-refractivity contribution in [2.45, 2.75) is 45.7 Å². The number of rotatable bonds is 6. The molecule has 0 aliphatic rings. The second-order valence-electron chi connectivity index (χ2n) is 4.69. The third-order valence-electron chi connectivity index (χ3n) is 2.80. The molecule has 0 fully saturated rings. The van der Waals surface area contributed by atoms with Crippen molar-refractivity contribution in [3.8, 4) is 0 Å². The summed E-state index contributed by atoms with van der Waals surface area (Å²) in [6, 6.07) is 3.81. The van der Waals surface area contributed by atoms with E-state index >= 15 is 0 Å². The van der Waals surface area contributed by atoms with Crippen LogP contribution in [0, 0.1) is 5.82 Å². The zero-order valence-electron chi connectivity index (χ0n) is 11.5. The average Bonchev–Trinajstić information content (AvgIpc) is 2.34. The van der Waals surface area contributed by atoms with Crippen LogP contribution in [0.5, 0.6) is 0 Å². The lowest BCUT2D eigenvalue weighted by Crippen LogP contribution is -2.42. The van der Waals surface area contributed by atoms with Gasteiger partial charge in [0.2, 0.25) is 5.91 Å². The van der Waals surface area contributed by atoms with E-state index in [2.05, 4.69) is 17.6 Å². The smallest absolute Gasteiger partial charge is 0.242 e. The van der Waals surface area contributed by atoms with Gasteiger partial charge < -0.3 is 10.6 Å². The van der Waals surface area contributed by atoms with Gasteiger partial charge in [-0.2, -0.15) is 0 Å². The highest BCUT2D eigenvalue weighted by Gasteiger charge is 2.16. The highest BCUT2D eigenvalue weighted by molar-refractivity contribution is 6.30. The molecule has 0 saturated carbocycles. The summed E-state index contributed by atoms with van der Waals surface area (Å²) in [6.45, 7) is 5.70. The molecule has 0 bridgehead atoms. The fourth-order valence-electron chi connectivity index (χ4n) is 1.78. The Morgan fingerprint density at radius 3 is 2.74 bits per heavy atom. The van der Waals surface area contributed by atoms with Crippen molar-refractivity contribution in [2.24, 2.45) is 0 Å². The summed E-state index contributed by atoms with van der Waals surface area (Å²) >= 11 is 5.80. The van der Waals surface area contributed by atoms with E-state index in [-0.39, 0.29) is 17.6 Å². The van der Waals surface area contributed by atoms with Crippen molar-refractivity contribution in [1.29, 1.82) is 0 Å². The Labute approximate surface area is 118 Å². The number of carbonyl (C=O) groups is 1. The molecule has 1 rings (SSSR count). The average molecular weight is 287 g/mol. The van der Waals surface area contributed by atoms with Gasteiger partial charge in [0.15, 0.2) is 0 Å². The largest absolute Gasteiger partial charge is 0.371 e. The Morgan fingerprint density at radius 2 is 2.11 bits per heavy atom. The molecule has 1 aromatic carbocycles. The number of carbonyl (C=O) groups excluding carboxylic acids is 1. The maximum absolute atomic E-state index is 13.5. The van der Waals surface area contributed by atoms with Crippen LogP contribution in [0.15, 0.2) is 18.2 Å². The Hall–Kier alpha value is -1.29. The van der Waals surface area contributed by atoms with Crippen LogP contribution < -0.4 is 10.6 Å². The van der Waals surface area contributed by atoms with Crippen LogP contribution in [-0.2, 0) is 4.79 Å². The standard InChI is InChI=1S/C14H20ClFN2O/c1-4-5-9(2)17-14(19)10(3)18-13-8-11(15)6-7-12(13)16/h6-10,18H,4-5H2,1-3H3,(H,17,19). The number of halogens is 2. The van der Waals surface area contributed by atoms with Gasteiger partial charge in [0.25, 0.3) is 0 Å². The van der Waals surface area contributed by atoms with Crippen LogP contribution >= 0.6 is 11.6 Å². The van der Waals surface area contributed by atoms with Crippen LogP contribution in [0.3, 0.4) is 0 Å². The molecule has 106 valence electrons. The third-order valence-corrected chi connectivity index (χ3v) is 3.04. The van der Waals surface area contributed by atoms with Crippen molar-refractivity contribution in [3.05, 3.63) is 29.0 Å². The lowest BCUT2D eigenvalue weighted by Gasteiger charge is -2.19. The van der Waals surface area contributed by atoms with Gasteiger partial charge in [0.1, 0.15) is 11.9 Å². The summed E-state index contributed by atoms with van der Waals surface area (Å²) in [7, 11) is 0. The Bertz CT molecular complexity index is 439. The van der Waals surface area contributed by atoms with Gasteiger partial charge in [-0.05, 0) is 38.5 Å². The molecule has 0 aliphatic heterocycles. The Kier molecular flexibility index (Phi) is 6.09. The minimum absolute atomic E-state index is 0.117. The van der Waals surface area contributed by atoms with Crippen LogP contribution in [0.2, 0.25) is 5.02 Å². The van der Waals surface area contributed by atoms with E-state index in [0.29, 0.717) is 5.02 Å². The topological polar surface area (TPSA) is 41.1 Å². The number of nitrogens with one attached hydrogen (secondary N) is 2. The fraction of sp³-hybridized carbons (Fsp3) is 0.500. The minimum Gasteiger partial charge on any atom is -0.371 e. The summed E-state index contributed by atoms with van der Waals surface area (Å²) in [6.07, 6.45) is 1.93. The Morgan fingerprint density at radius 1 is 1.42 bits per heavy atom. The molecule has 2 unspecified atom stereocenters. The van der Waals surface area contributed by atoms with Crippen molar-refractivity contribution in [3.63, 3.8) is 0 Å². The first kappa shape index (κ1) is 15.8. The molecule has 19 heavy (non-hydrogen) atoms. The molecule has 5 heteroatoms. The molecule has 0 aliphatic carbocycles. The summed E-state index contributed by atoms with van der Waals surface area (Å²) in [5.74, 6) is -0.578. The molecule has 2 N–H and O–H groups in total. The van der Waals surface area contributed by atoms with Crippen LogP contribution in [-0.4, -0.2) is 18.0 Å². The predicted molar refractivity (Wildman–Crippen MR) is 77.0 cm³/mol. The summed E-state index contributed by atoms with van der Waals surface area (Å²) < 4.78 is 13.5. The van der Waals surface area contributed by atoms with Crippen molar-refractivity contribution in [1.82, 2.24) is 5.32 Å². The number of amides is 1. The van der Waals surface area contributed by atoms with Crippen molar-refractivity contribution < 1.29 is 9.18 Å². The predicted octanol–water partition coefficient (Wildman–Crippen LogP) is 3.58. The SMILES string of the molecule is CCCC(C)NC(=O)C(C)Nc1cc(Cl)ccc1F. The quantitative estimate of drug-likeness (QED) is 0.839. The molecular formula is C14H20ClFN2O. The zero-order chi connectivity index (χ0) is 14.4. The molecule has 0 saturated heterocycles. The lowest BCUT2D eigenvalue weighted by atomic mass is 10.2. The molecule has 1 amide bonds. The van der Waals surface area contributed by atoms with E-state index in [1.807, 2.05) is 6.92 Å². The van der Waals surface area contributed by atoms with Gasteiger partial charge in [-0.25, -0.2) is 4.39 Å². The minimum atomic E-state index is -0.521. The van der Waals surface area contributed by atoms with Gasteiger partial charge in [-0.15, -0.1) is 0 Å². The van der Waals surface area contributed by atoms with Gasteiger partial charge in [-0.1, -0.05) is 24.9 Å². The summed E-state index contributed by atoms with van der Waals surface area (Å²) in [5.41, 5.74) is 0.235. The van der Waals surface area contributed by atoms with E-state index < -0.39 is 11.9 Å². The van der Waals surface area contributed by atoms with Crippen LogP contribution in [0.1, 0.15) is 33.6 Å². The van der Waals surface area contributed by atoms with E-state index in [0.717, 1.165) is 12.8 Å². The molecule has 3 nitrogen and oxygen atoms in total. The second kappa shape index (κ2) is 7.34. The van der Waals surface area contributed by atoms with E-state index in [1.165, 1.54) is 18.2 Å². The van der Waals surface area contributed by atoms with Crippen molar-refractivity contribution in [2.75, 3.05) is 5.32 Å². The normalized spacial score (nSPS) is 13.7. The molecular weight excluding hydrogens is 267 g/mol. The monoisotopic (exact) mass is 286 g/mol. The number of benzene rings is 1. The van der Waals surface area contributed by atoms with Gasteiger partial charge >= 0.3 is 0 Å². The second-order valence-corrected chi connectivity index (χ2v) is 5.12. The highest BCUT2D eigenvalue weighted by Crippen LogP contribution is 2.20. The van der Waals surface area contributed by atoms with Crippen molar-refractivity contribution >= 4 is 23.2 Å². The Balaban J connectivity index is 2.61. The first-order chi connectivity index (χ1) is 8.93. The number of anilines is 1. The van der Waals surface area contributed by atoms with Crippen LogP contribution in [0.4, 0.5) is 10.1 Å². The molecule has 1 aromatic rings. The van der Waals surface area contributed by atoms with Gasteiger partial charge in [0.05, 0.1) is 5.69 Å². The maximum Gasteiger partial charge on any atom is 0.242 e. The molecule has 2 atom stereocenters. The highest BCUT2D eigenvalue weighted by atomic mass is 35.5. The lowest BCUT2D eigenvalue weighted by molar-refractivity contribution is -0.122. The molecule has 0 spiro atoms. The van der Waals surface area contributed by atoms with E-state index in [4.69, 9.17) is 11.6 Å². The van der Waals surface area contributed by atoms with E-state index in [9.17, 15) is 9.18 Å². The van der Waals surface area contributed by atoms with E-state index in [1.54, 1.807) is 6.92 Å². The maximum atomic E-state index is 13.5. The van der Waals surface area contributed by atoms with Crippen LogP contribution in [0.25, 0.3) is 0 Å². The molecule has 0 radical (unpaired) electrons. The zero-order valence-corrected chi connectivity index (χ0v) is 12.2. The first-order valence-corrected chi connectivity index (χ1v) is 6.83. The number of hydrogen-bond donors (Lipinski definition) is 2. The number of hydrogen-bond acceptors (Lipinski definition) is 2. The summed E-state index contributed by atoms with van der Waals surface area (Å²) in [4.78, 5) is 11.9. The van der Waals surface area contributed by atoms with Gasteiger partial charge in [-0.3, -0.25) is 4.79 Å². The molecule has 0 heterocycles. The third kappa shape index (κ3) is 5.07. The fourth-order valence-corrected chi connectivity index (χ4v) is 1.95. The van der Waals surface area contributed by atoms with Gasteiger partial charge in [0, 0.05) is 11.1 Å².